The molecule has 1 aliphatic rings. The summed E-state index contributed by atoms with van der Waals surface area (Å²) >= 11 is 0. The van der Waals surface area contributed by atoms with Crippen molar-refractivity contribution in [3.05, 3.63) is 63.9 Å². The second-order valence-electron chi connectivity index (χ2n) is 5.85. The van der Waals surface area contributed by atoms with E-state index < -0.39 is 5.91 Å². The number of aromatic hydroxyl groups is 1. The molecule has 3 N–H and O–H groups in total. The van der Waals surface area contributed by atoms with Gasteiger partial charge in [-0.05, 0) is 24.3 Å². The van der Waals surface area contributed by atoms with Crippen molar-refractivity contribution in [1.82, 2.24) is 10.4 Å². The number of para-hydroxylation sites is 1. The molecular weight excluding hydrogens is 350 g/mol. The number of aromatic nitrogens is 1. The number of pyridine rings is 1. The van der Waals surface area contributed by atoms with Gasteiger partial charge in [0.2, 0.25) is 0 Å². The largest absolute Gasteiger partial charge is 0.507 e. The van der Waals surface area contributed by atoms with Crippen molar-refractivity contribution in [2.24, 2.45) is 5.10 Å². The first-order valence-electron chi connectivity index (χ1n) is 8.20. The SMILES string of the molecule is O=C(NN=Cc1cc2cc3c(cc2[nH]c1=O)OCCO3)c1ccccc1O. The highest BCUT2D eigenvalue weighted by atomic mass is 16.6. The smallest absolute Gasteiger partial charge is 0.275 e. The fourth-order valence-corrected chi connectivity index (χ4v) is 2.74. The number of amides is 1. The van der Waals surface area contributed by atoms with Crippen LogP contribution >= 0.6 is 0 Å². The quantitative estimate of drug-likeness (QED) is 0.484. The van der Waals surface area contributed by atoms with Crippen molar-refractivity contribution in [1.29, 1.82) is 0 Å². The molecule has 8 nitrogen and oxygen atoms in total. The summed E-state index contributed by atoms with van der Waals surface area (Å²) in [6, 6.07) is 11.2. The molecule has 3 aromatic rings. The van der Waals surface area contributed by atoms with E-state index in [2.05, 4.69) is 15.5 Å². The van der Waals surface area contributed by atoms with Crippen LogP contribution < -0.4 is 20.5 Å². The predicted octanol–water partition coefficient (Wildman–Crippen LogP) is 1.77. The first-order chi connectivity index (χ1) is 13.1. The van der Waals surface area contributed by atoms with Crippen LogP contribution in [0.2, 0.25) is 0 Å². The van der Waals surface area contributed by atoms with Crippen LogP contribution in [0.3, 0.4) is 0 Å². The van der Waals surface area contributed by atoms with Crippen molar-refractivity contribution >= 4 is 23.0 Å². The fourth-order valence-electron chi connectivity index (χ4n) is 2.74. The molecule has 0 radical (unpaired) electrons. The first kappa shape index (κ1) is 16.6. The molecule has 0 bridgehead atoms. The molecule has 1 aromatic heterocycles. The molecule has 1 aliphatic heterocycles. The molecule has 0 saturated heterocycles. The molecule has 0 spiro atoms. The van der Waals surface area contributed by atoms with Crippen LogP contribution in [0.1, 0.15) is 15.9 Å². The molecule has 136 valence electrons. The second kappa shape index (κ2) is 6.83. The van der Waals surface area contributed by atoms with Gasteiger partial charge in [0.15, 0.2) is 11.5 Å². The second-order valence-corrected chi connectivity index (χ2v) is 5.85. The van der Waals surface area contributed by atoms with Gasteiger partial charge in [-0.2, -0.15) is 5.10 Å². The summed E-state index contributed by atoms with van der Waals surface area (Å²) in [5.74, 6) is 0.458. The number of phenols is 1. The minimum atomic E-state index is -0.582. The third-order valence-corrected chi connectivity index (χ3v) is 4.05. The highest BCUT2D eigenvalue weighted by molar-refractivity contribution is 5.97. The Morgan fingerprint density at radius 3 is 2.67 bits per heavy atom. The van der Waals surface area contributed by atoms with Gasteiger partial charge in [0.25, 0.3) is 11.5 Å². The van der Waals surface area contributed by atoms with Gasteiger partial charge >= 0.3 is 0 Å². The van der Waals surface area contributed by atoms with E-state index in [0.717, 1.165) is 5.39 Å². The molecule has 8 heteroatoms. The van der Waals surface area contributed by atoms with Gasteiger partial charge in [0.1, 0.15) is 19.0 Å². The van der Waals surface area contributed by atoms with Crippen molar-refractivity contribution in [2.45, 2.75) is 0 Å². The lowest BCUT2D eigenvalue weighted by atomic mass is 10.1. The molecular formula is C19H15N3O5. The normalized spacial score (nSPS) is 13.0. The maximum Gasteiger partial charge on any atom is 0.275 e. The number of ether oxygens (including phenoxy) is 2. The zero-order valence-electron chi connectivity index (χ0n) is 14.1. The number of rotatable bonds is 3. The van der Waals surface area contributed by atoms with E-state index in [4.69, 9.17) is 9.47 Å². The number of carbonyl (C=O) groups is 1. The molecule has 0 aliphatic carbocycles. The topological polar surface area (TPSA) is 113 Å². The van der Waals surface area contributed by atoms with Crippen LogP contribution in [0.4, 0.5) is 0 Å². The summed E-state index contributed by atoms with van der Waals surface area (Å²) in [6.45, 7) is 0.929. The Kier molecular flexibility index (Phi) is 4.21. The maximum atomic E-state index is 12.2. The van der Waals surface area contributed by atoms with Gasteiger partial charge in [0, 0.05) is 11.5 Å². The molecule has 0 unspecified atom stereocenters. The highest BCUT2D eigenvalue weighted by Gasteiger charge is 2.14. The maximum absolute atomic E-state index is 12.2. The highest BCUT2D eigenvalue weighted by Crippen LogP contribution is 2.33. The zero-order chi connectivity index (χ0) is 18.8. The number of hydrogen-bond donors (Lipinski definition) is 3. The standard InChI is InChI=1S/C19H15N3O5/c23-15-4-2-1-3-13(15)19(25)22-20-10-12-7-11-8-16-17(27-6-5-26-16)9-14(11)21-18(12)24/h1-4,7-10,23H,5-6H2,(H,21,24)(H,22,25). The summed E-state index contributed by atoms with van der Waals surface area (Å²) in [5.41, 5.74) is 2.89. The number of carbonyl (C=O) groups excluding carboxylic acids is 1. The van der Waals surface area contributed by atoms with Gasteiger partial charge in [-0.25, -0.2) is 5.43 Å². The summed E-state index contributed by atoms with van der Waals surface area (Å²) < 4.78 is 11.0. The van der Waals surface area contributed by atoms with Gasteiger partial charge in [0.05, 0.1) is 22.9 Å². The number of nitrogens with one attached hydrogen (secondary N) is 2. The summed E-state index contributed by atoms with van der Waals surface area (Å²) in [5, 5.41) is 14.2. The monoisotopic (exact) mass is 365 g/mol. The van der Waals surface area contributed by atoms with Gasteiger partial charge in [-0.3, -0.25) is 9.59 Å². The average Bonchev–Trinajstić information content (AvgIpc) is 2.67. The summed E-state index contributed by atoms with van der Waals surface area (Å²) in [6.07, 6.45) is 1.24. The van der Waals surface area contributed by atoms with E-state index in [0.29, 0.717) is 30.2 Å². The third-order valence-electron chi connectivity index (χ3n) is 4.05. The van der Waals surface area contributed by atoms with Crippen LogP contribution in [-0.4, -0.2) is 35.4 Å². The minimum absolute atomic E-state index is 0.0887. The summed E-state index contributed by atoms with van der Waals surface area (Å²) in [4.78, 5) is 27.0. The van der Waals surface area contributed by atoms with Crippen LogP contribution in [0.15, 0.2) is 52.4 Å². The van der Waals surface area contributed by atoms with Gasteiger partial charge < -0.3 is 19.6 Å². The van der Waals surface area contributed by atoms with Crippen molar-refractivity contribution < 1.29 is 19.4 Å². The van der Waals surface area contributed by atoms with E-state index in [9.17, 15) is 14.7 Å². The Balaban J connectivity index is 1.59. The van der Waals surface area contributed by atoms with E-state index in [1.807, 2.05) is 0 Å². The average molecular weight is 365 g/mol. The predicted molar refractivity (Wildman–Crippen MR) is 98.7 cm³/mol. The van der Waals surface area contributed by atoms with Crippen molar-refractivity contribution in [3.8, 4) is 17.2 Å². The van der Waals surface area contributed by atoms with Crippen LogP contribution in [0.25, 0.3) is 10.9 Å². The van der Waals surface area contributed by atoms with E-state index in [1.165, 1.54) is 18.3 Å². The molecule has 0 saturated carbocycles. The molecule has 1 amide bonds. The van der Waals surface area contributed by atoms with E-state index in [-0.39, 0.29) is 22.4 Å². The number of H-pyrrole nitrogens is 1. The van der Waals surface area contributed by atoms with Crippen LogP contribution in [0, 0.1) is 0 Å². The Hall–Kier alpha value is -3.81. The molecule has 0 fully saturated rings. The molecule has 2 heterocycles. The van der Waals surface area contributed by atoms with Gasteiger partial charge in [-0.1, -0.05) is 12.1 Å². The van der Waals surface area contributed by atoms with E-state index >= 15 is 0 Å². The Bertz CT molecular complexity index is 1120. The zero-order valence-corrected chi connectivity index (χ0v) is 14.1. The Morgan fingerprint density at radius 1 is 1.15 bits per heavy atom. The lowest BCUT2D eigenvalue weighted by Crippen LogP contribution is -2.19. The number of nitrogens with zero attached hydrogens (tertiary/aromatic N) is 1. The van der Waals surface area contributed by atoms with Crippen LogP contribution in [0.5, 0.6) is 17.2 Å². The first-order valence-corrected chi connectivity index (χ1v) is 8.20. The van der Waals surface area contributed by atoms with Crippen LogP contribution in [-0.2, 0) is 0 Å². The minimum Gasteiger partial charge on any atom is -0.507 e. The van der Waals surface area contributed by atoms with Gasteiger partial charge in [-0.15, -0.1) is 0 Å². The third kappa shape index (κ3) is 3.32. The molecule has 27 heavy (non-hydrogen) atoms. The molecule has 2 aromatic carbocycles. The van der Waals surface area contributed by atoms with Crippen molar-refractivity contribution in [3.63, 3.8) is 0 Å². The Labute approximate surface area is 153 Å². The number of benzene rings is 2. The molecule has 4 rings (SSSR count). The number of hydrazone groups is 1. The summed E-state index contributed by atoms with van der Waals surface area (Å²) in [7, 11) is 0. The fraction of sp³-hybridized carbons (Fsp3) is 0.105. The number of hydrogen-bond acceptors (Lipinski definition) is 6. The number of phenolic OH excluding ortho intramolecular Hbond substituents is 1. The number of fused-ring (bicyclic) bond motifs is 2. The lowest BCUT2D eigenvalue weighted by Gasteiger charge is -2.18. The Morgan fingerprint density at radius 2 is 1.89 bits per heavy atom. The molecule has 0 atom stereocenters. The van der Waals surface area contributed by atoms with Crippen molar-refractivity contribution in [2.75, 3.05) is 13.2 Å². The number of aromatic amines is 1. The lowest BCUT2D eigenvalue weighted by molar-refractivity contribution is 0.0952. The van der Waals surface area contributed by atoms with E-state index in [1.54, 1.807) is 30.3 Å².